The van der Waals surface area contributed by atoms with Crippen LogP contribution in [0.4, 0.5) is 0 Å². The molecule has 0 bridgehead atoms. The Morgan fingerprint density at radius 1 is 1.09 bits per heavy atom. The molecule has 0 aromatic heterocycles. The summed E-state index contributed by atoms with van der Waals surface area (Å²) in [5.41, 5.74) is 4.65. The monoisotopic (exact) mass is 297 g/mol. The van der Waals surface area contributed by atoms with Gasteiger partial charge in [0.1, 0.15) is 0 Å². The Hall–Kier alpha value is -2.13. The van der Waals surface area contributed by atoms with Crippen molar-refractivity contribution in [2.24, 2.45) is 0 Å². The normalized spacial score (nSPS) is 10.5. The maximum Gasteiger partial charge on any atom is 0.220 e. The third-order valence-electron chi connectivity index (χ3n) is 3.62. The van der Waals surface area contributed by atoms with Crippen LogP contribution in [0.25, 0.3) is 0 Å². The first-order valence-corrected chi connectivity index (χ1v) is 7.57. The van der Waals surface area contributed by atoms with Crippen molar-refractivity contribution in [3.05, 3.63) is 70.8 Å². The molecule has 0 saturated heterocycles. The van der Waals surface area contributed by atoms with Crippen molar-refractivity contribution in [1.82, 2.24) is 5.32 Å². The molecule has 2 aromatic carbocycles. The minimum Gasteiger partial charge on any atom is -0.380 e. The minimum atomic E-state index is 0.0775. The minimum absolute atomic E-state index is 0.0775. The van der Waals surface area contributed by atoms with Crippen LogP contribution in [0.1, 0.15) is 28.7 Å². The second-order valence-corrected chi connectivity index (χ2v) is 5.47. The molecule has 0 aliphatic carbocycles. The Balaban J connectivity index is 1.83. The highest BCUT2D eigenvalue weighted by Gasteiger charge is 2.05. The largest absolute Gasteiger partial charge is 0.380 e. The van der Waals surface area contributed by atoms with Gasteiger partial charge in [0, 0.05) is 20.1 Å². The Bertz CT molecular complexity index is 622. The molecule has 3 heteroatoms. The predicted octanol–water partition coefficient (Wildman–Crippen LogP) is 3.39. The Morgan fingerprint density at radius 2 is 1.86 bits per heavy atom. The van der Waals surface area contributed by atoms with Crippen LogP contribution in [0.15, 0.2) is 48.5 Å². The van der Waals surface area contributed by atoms with Crippen molar-refractivity contribution < 1.29 is 9.53 Å². The summed E-state index contributed by atoms with van der Waals surface area (Å²) in [7, 11) is 1.68. The van der Waals surface area contributed by atoms with Crippen molar-refractivity contribution in [1.29, 1.82) is 0 Å². The molecule has 2 rings (SSSR count). The zero-order valence-corrected chi connectivity index (χ0v) is 13.3. The van der Waals surface area contributed by atoms with Gasteiger partial charge in [0.25, 0.3) is 0 Å². The van der Waals surface area contributed by atoms with Crippen LogP contribution < -0.4 is 5.32 Å². The standard InChI is InChI=1S/C19H23NO2/c1-15-6-5-7-16(12-15)10-11-19(21)20-13-17-8-3-4-9-18(17)14-22-2/h3-9,12H,10-11,13-14H2,1-2H3,(H,20,21). The Kier molecular flexibility index (Phi) is 6.16. The molecule has 0 fully saturated rings. The van der Waals surface area contributed by atoms with Gasteiger partial charge in [-0.15, -0.1) is 0 Å². The number of amides is 1. The van der Waals surface area contributed by atoms with E-state index < -0.39 is 0 Å². The van der Waals surface area contributed by atoms with E-state index in [0.717, 1.165) is 17.5 Å². The first kappa shape index (κ1) is 16.2. The summed E-state index contributed by atoms with van der Waals surface area (Å²) >= 11 is 0. The molecular weight excluding hydrogens is 274 g/mol. The van der Waals surface area contributed by atoms with Crippen molar-refractivity contribution >= 4 is 5.91 Å². The lowest BCUT2D eigenvalue weighted by molar-refractivity contribution is -0.121. The maximum absolute atomic E-state index is 12.0. The molecule has 0 atom stereocenters. The predicted molar refractivity (Wildman–Crippen MR) is 88.5 cm³/mol. The highest BCUT2D eigenvalue weighted by Crippen LogP contribution is 2.10. The molecule has 2 aromatic rings. The molecule has 0 heterocycles. The Morgan fingerprint density at radius 3 is 2.59 bits per heavy atom. The van der Waals surface area contributed by atoms with E-state index >= 15 is 0 Å². The van der Waals surface area contributed by atoms with E-state index in [2.05, 4.69) is 30.4 Å². The summed E-state index contributed by atoms with van der Waals surface area (Å²) < 4.78 is 5.18. The first-order valence-electron chi connectivity index (χ1n) is 7.57. The van der Waals surface area contributed by atoms with Crippen molar-refractivity contribution in [2.75, 3.05) is 7.11 Å². The highest BCUT2D eigenvalue weighted by molar-refractivity contribution is 5.76. The number of hydrogen-bond acceptors (Lipinski definition) is 2. The summed E-state index contributed by atoms with van der Waals surface area (Å²) in [6.45, 7) is 3.18. The van der Waals surface area contributed by atoms with Crippen LogP contribution in [0, 0.1) is 6.92 Å². The fraction of sp³-hybridized carbons (Fsp3) is 0.316. The molecule has 22 heavy (non-hydrogen) atoms. The van der Waals surface area contributed by atoms with Crippen LogP contribution in [0.3, 0.4) is 0 Å². The second kappa shape index (κ2) is 8.35. The highest BCUT2D eigenvalue weighted by atomic mass is 16.5. The number of aryl methyl sites for hydroxylation is 2. The molecule has 1 N–H and O–H groups in total. The van der Waals surface area contributed by atoms with E-state index in [4.69, 9.17) is 4.74 Å². The summed E-state index contributed by atoms with van der Waals surface area (Å²) in [6.07, 6.45) is 1.28. The molecule has 0 aliphatic heterocycles. The van der Waals surface area contributed by atoms with Crippen LogP contribution in [0.5, 0.6) is 0 Å². The fourth-order valence-corrected chi connectivity index (χ4v) is 2.43. The van der Waals surface area contributed by atoms with Gasteiger partial charge in [-0.3, -0.25) is 4.79 Å². The average molecular weight is 297 g/mol. The van der Waals surface area contributed by atoms with Crippen molar-refractivity contribution in [3.8, 4) is 0 Å². The van der Waals surface area contributed by atoms with Crippen molar-refractivity contribution in [3.63, 3.8) is 0 Å². The van der Waals surface area contributed by atoms with Crippen molar-refractivity contribution in [2.45, 2.75) is 32.9 Å². The molecule has 0 aliphatic rings. The van der Waals surface area contributed by atoms with Crippen LogP contribution in [0.2, 0.25) is 0 Å². The lowest BCUT2D eigenvalue weighted by Gasteiger charge is -2.10. The molecule has 116 valence electrons. The number of carbonyl (C=O) groups excluding carboxylic acids is 1. The molecular formula is C19H23NO2. The SMILES string of the molecule is COCc1ccccc1CNC(=O)CCc1cccc(C)c1. The second-order valence-electron chi connectivity index (χ2n) is 5.47. The number of ether oxygens (including phenoxy) is 1. The third-order valence-corrected chi connectivity index (χ3v) is 3.62. The van der Waals surface area contributed by atoms with Crippen LogP contribution in [-0.2, 0) is 29.1 Å². The molecule has 1 amide bonds. The topological polar surface area (TPSA) is 38.3 Å². The fourth-order valence-electron chi connectivity index (χ4n) is 2.43. The number of hydrogen-bond donors (Lipinski definition) is 1. The van der Waals surface area contributed by atoms with Gasteiger partial charge in [0.05, 0.1) is 6.61 Å². The number of rotatable bonds is 7. The molecule has 0 radical (unpaired) electrons. The van der Waals surface area contributed by atoms with Gasteiger partial charge in [-0.05, 0) is 30.0 Å². The number of methoxy groups -OCH3 is 1. The van der Waals surface area contributed by atoms with Gasteiger partial charge in [-0.1, -0.05) is 54.1 Å². The van der Waals surface area contributed by atoms with Gasteiger partial charge in [-0.2, -0.15) is 0 Å². The molecule has 0 saturated carbocycles. The summed E-state index contributed by atoms with van der Waals surface area (Å²) in [6, 6.07) is 16.3. The van der Waals surface area contributed by atoms with E-state index in [-0.39, 0.29) is 5.91 Å². The summed E-state index contributed by atoms with van der Waals surface area (Å²) in [4.78, 5) is 12.0. The summed E-state index contributed by atoms with van der Waals surface area (Å²) in [5, 5.41) is 2.99. The van der Waals surface area contributed by atoms with E-state index in [0.29, 0.717) is 19.6 Å². The quantitative estimate of drug-likeness (QED) is 0.850. The first-order chi connectivity index (χ1) is 10.7. The van der Waals surface area contributed by atoms with Gasteiger partial charge in [0.15, 0.2) is 0 Å². The summed E-state index contributed by atoms with van der Waals surface area (Å²) in [5.74, 6) is 0.0775. The Labute approximate surface area is 132 Å². The average Bonchev–Trinajstić information content (AvgIpc) is 2.52. The van der Waals surface area contributed by atoms with E-state index in [9.17, 15) is 4.79 Å². The molecule has 0 unspecified atom stereocenters. The zero-order valence-electron chi connectivity index (χ0n) is 13.3. The van der Waals surface area contributed by atoms with Crippen LogP contribution >= 0.6 is 0 Å². The van der Waals surface area contributed by atoms with E-state index in [1.807, 2.05) is 30.3 Å². The lowest BCUT2D eigenvalue weighted by atomic mass is 10.1. The van der Waals surface area contributed by atoms with Gasteiger partial charge in [0.2, 0.25) is 5.91 Å². The zero-order chi connectivity index (χ0) is 15.8. The number of benzene rings is 2. The number of nitrogens with one attached hydrogen (secondary N) is 1. The van der Waals surface area contributed by atoms with Gasteiger partial charge < -0.3 is 10.1 Å². The van der Waals surface area contributed by atoms with E-state index in [1.165, 1.54) is 11.1 Å². The van der Waals surface area contributed by atoms with Gasteiger partial charge in [-0.25, -0.2) is 0 Å². The lowest BCUT2D eigenvalue weighted by Crippen LogP contribution is -2.23. The number of carbonyl (C=O) groups is 1. The van der Waals surface area contributed by atoms with Crippen LogP contribution in [-0.4, -0.2) is 13.0 Å². The third kappa shape index (κ3) is 5.01. The van der Waals surface area contributed by atoms with Gasteiger partial charge >= 0.3 is 0 Å². The van der Waals surface area contributed by atoms with E-state index in [1.54, 1.807) is 7.11 Å². The smallest absolute Gasteiger partial charge is 0.220 e. The maximum atomic E-state index is 12.0. The molecule has 0 spiro atoms. The molecule has 3 nitrogen and oxygen atoms in total.